The molecule has 136 valence electrons. The van der Waals surface area contributed by atoms with Crippen LogP contribution >= 0.6 is 11.6 Å². The first-order chi connectivity index (χ1) is 12.9. The zero-order chi connectivity index (χ0) is 19.4. The molecule has 7 heteroatoms. The van der Waals surface area contributed by atoms with Crippen molar-refractivity contribution in [2.45, 2.75) is 13.8 Å². The number of hydrogen-bond acceptors (Lipinski definition) is 5. The Hall–Kier alpha value is -3.25. The molecule has 0 atom stereocenters. The Balaban J connectivity index is 1.79. The summed E-state index contributed by atoms with van der Waals surface area (Å²) in [6.45, 7) is 3.38. The summed E-state index contributed by atoms with van der Waals surface area (Å²) in [4.78, 5) is 32.2. The van der Waals surface area contributed by atoms with Gasteiger partial charge >= 0.3 is 0 Å². The normalized spacial score (nSPS) is 10.3. The summed E-state index contributed by atoms with van der Waals surface area (Å²) in [5.41, 5.74) is 2.99. The van der Waals surface area contributed by atoms with Crippen LogP contribution in [0.2, 0.25) is 5.02 Å². The molecule has 0 aliphatic heterocycles. The zero-order valence-corrected chi connectivity index (χ0v) is 15.5. The third-order valence-electron chi connectivity index (χ3n) is 3.89. The van der Waals surface area contributed by atoms with E-state index in [4.69, 9.17) is 11.6 Å². The highest BCUT2D eigenvalue weighted by Gasteiger charge is 2.11. The van der Waals surface area contributed by atoms with Crippen LogP contribution < -0.4 is 10.6 Å². The summed E-state index contributed by atoms with van der Waals surface area (Å²) in [5, 5.41) is 6.40. The molecular formula is C20H17ClN4O2. The molecule has 27 heavy (non-hydrogen) atoms. The first-order valence-corrected chi connectivity index (χ1v) is 8.58. The van der Waals surface area contributed by atoms with E-state index in [1.807, 2.05) is 19.1 Å². The van der Waals surface area contributed by atoms with Crippen molar-refractivity contribution in [1.82, 2.24) is 9.97 Å². The van der Waals surface area contributed by atoms with E-state index in [0.29, 0.717) is 27.8 Å². The Morgan fingerprint density at radius 3 is 2.63 bits per heavy atom. The van der Waals surface area contributed by atoms with Gasteiger partial charge in [0.15, 0.2) is 5.78 Å². The van der Waals surface area contributed by atoms with E-state index in [-0.39, 0.29) is 17.4 Å². The minimum atomic E-state index is -0.372. The van der Waals surface area contributed by atoms with Gasteiger partial charge in [-0.1, -0.05) is 29.8 Å². The van der Waals surface area contributed by atoms with Crippen LogP contribution in [0.15, 0.2) is 54.9 Å². The Morgan fingerprint density at radius 1 is 1.04 bits per heavy atom. The second-order valence-corrected chi connectivity index (χ2v) is 6.40. The summed E-state index contributed by atoms with van der Waals surface area (Å²) >= 11 is 5.99. The van der Waals surface area contributed by atoms with Gasteiger partial charge < -0.3 is 10.6 Å². The predicted octanol–water partition coefficient (Wildman–Crippen LogP) is 4.64. The molecule has 0 saturated carbocycles. The molecule has 0 unspecified atom stereocenters. The fraction of sp³-hybridized carbons (Fsp3) is 0.100. The molecule has 6 nitrogen and oxygen atoms in total. The zero-order valence-electron chi connectivity index (χ0n) is 14.8. The standard InChI is InChI=1S/C20H17ClN4O2/c1-12-6-7-15(21)9-17(12)25-20(27)18-10-19(23-11-22-18)24-16-5-3-4-14(8-16)13(2)26/h3-11H,1-2H3,(H,25,27)(H,22,23,24). The maximum atomic E-state index is 12.5. The monoisotopic (exact) mass is 380 g/mol. The van der Waals surface area contributed by atoms with E-state index in [2.05, 4.69) is 20.6 Å². The fourth-order valence-corrected chi connectivity index (χ4v) is 2.60. The van der Waals surface area contributed by atoms with E-state index in [0.717, 1.165) is 5.56 Å². The molecule has 0 spiro atoms. The Kier molecular flexibility index (Phi) is 5.47. The van der Waals surface area contributed by atoms with Crippen LogP contribution in [0.4, 0.5) is 17.2 Å². The highest BCUT2D eigenvalue weighted by molar-refractivity contribution is 6.31. The number of hydrogen-bond donors (Lipinski definition) is 2. The largest absolute Gasteiger partial charge is 0.340 e. The van der Waals surface area contributed by atoms with Crippen LogP contribution in [0.1, 0.15) is 33.3 Å². The summed E-state index contributed by atoms with van der Waals surface area (Å²) < 4.78 is 0. The van der Waals surface area contributed by atoms with Crippen LogP contribution in [-0.4, -0.2) is 21.7 Å². The minimum absolute atomic E-state index is 0.0294. The SMILES string of the molecule is CC(=O)c1cccc(Nc2cc(C(=O)Nc3cc(Cl)ccc3C)ncn2)c1. The summed E-state index contributed by atoms with van der Waals surface area (Å²) in [5.74, 6) is 0.0419. The number of aromatic nitrogens is 2. The summed E-state index contributed by atoms with van der Waals surface area (Å²) in [7, 11) is 0. The molecule has 0 aliphatic carbocycles. The van der Waals surface area contributed by atoms with Crippen molar-refractivity contribution in [3.63, 3.8) is 0 Å². The number of amides is 1. The molecule has 2 aromatic carbocycles. The van der Waals surface area contributed by atoms with E-state index in [9.17, 15) is 9.59 Å². The maximum Gasteiger partial charge on any atom is 0.274 e. The first kappa shape index (κ1) is 18.5. The van der Waals surface area contributed by atoms with Crippen LogP contribution in [-0.2, 0) is 0 Å². The molecule has 0 saturated heterocycles. The van der Waals surface area contributed by atoms with Crippen molar-refractivity contribution < 1.29 is 9.59 Å². The number of halogens is 1. The molecule has 3 rings (SSSR count). The van der Waals surface area contributed by atoms with Gasteiger partial charge in [0.25, 0.3) is 5.91 Å². The fourth-order valence-electron chi connectivity index (χ4n) is 2.43. The van der Waals surface area contributed by atoms with Crippen molar-refractivity contribution in [1.29, 1.82) is 0 Å². The van der Waals surface area contributed by atoms with Crippen molar-refractivity contribution in [2.24, 2.45) is 0 Å². The topological polar surface area (TPSA) is 84.0 Å². The van der Waals surface area contributed by atoms with E-state index in [1.54, 1.807) is 30.3 Å². The van der Waals surface area contributed by atoms with Crippen molar-refractivity contribution in [2.75, 3.05) is 10.6 Å². The highest BCUT2D eigenvalue weighted by atomic mass is 35.5. The van der Waals surface area contributed by atoms with Crippen LogP contribution in [0.5, 0.6) is 0 Å². The van der Waals surface area contributed by atoms with Gasteiger partial charge in [-0.05, 0) is 43.7 Å². The van der Waals surface area contributed by atoms with Gasteiger partial charge in [-0.25, -0.2) is 9.97 Å². The predicted molar refractivity (Wildman–Crippen MR) is 106 cm³/mol. The smallest absolute Gasteiger partial charge is 0.274 e. The first-order valence-electron chi connectivity index (χ1n) is 8.20. The molecule has 0 fully saturated rings. The quantitative estimate of drug-likeness (QED) is 0.630. The average molecular weight is 381 g/mol. The lowest BCUT2D eigenvalue weighted by molar-refractivity contribution is 0.101. The molecule has 1 heterocycles. The number of ketones is 1. The molecule has 2 N–H and O–H groups in total. The lowest BCUT2D eigenvalue weighted by Gasteiger charge is -2.10. The number of carbonyl (C=O) groups is 2. The van der Waals surface area contributed by atoms with Gasteiger partial charge in [0.1, 0.15) is 17.8 Å². The number of rotatable bonds is 5. The van der Waals surface area contributed by atoms with Gasteiger partial charge in [-0.2, -0.15) is 0 Å². The van der Waals surface area contributed by atoms with E-state index < -0.39 is 0 Å². The molecule has 0 bridgehead atoms. The number of carbonyl (C=O) groups excluding carboxylic acids is 2. The summed E-state index contributed by atoms with van der Waals surface area (Å²) in [6.07, 6.45) is 1.30. The van der Waals surface area contributed by atoms with Gasteiger partial charge in [-0.3, -0.25) is 9.59 Å². The molecule has 3 aromatic rings. The second-order valence-electron chi connectivity index (χ2n) is 5.96. The van der Waals surface area contributed by atoms with Gasteiger partial charge in [0.2, 0.25) is 0 Å². The molecule has 0 radical (unpaired) electrons. The maximum absolute atomic E-state index is 12.5. The minimum Gasteiger partial charge on any atom is -0.340 e. The number of nitrogens with zero attached hydrogens (tertiary/aromatic N) is 2. The molecule has 1 aromatic heterocycles. The van der Waals surface area contributed by atoms with Crippen LogP contribution in [0, 0.1) is 6.92 Å². The Morgan fingerprint density at radius 2 is 1.85 bits per heavy atom. The van der Waals surface area contributed by atoms with E-state index >= 15 is 0 Å². The van der Waals surface area contributed by atoms with Crippen molar-refractivity contribution >= 4 is 40.5 Å². The van der Waals surface area contributed by atoms with Crippen molar-refractivity contribution in [3.05, 3.63) is 76.7 Å². The Labute approximate surface area is 161 Å². The number of anilines is 3. The molecular weight excluding hydrogens is 364 g/mol. The second kappa shape index (κ2) is 7.97. The lowest BCUT2D eigenvalue weighted by atomic mass is 10.1. The summed E-state index contributed by atoms with van der Waals surface area (Å²) in [6, 6.07) is 13.8. The van der Waals surface area contributed by atoms with Crippen LogP contribution in [0.25, 0.3) is 0 Å². The number of benzene rings is 2. The third kappa shape index (κ3) is 4.68. The van der Waals surface area contributed by atoms with E-state index in [1.165, 1.54) is 19.3 Å². The molecule has 1 amide bonds. The molecule has 0 aliphatic rings. The van der Waals surface area contributed by atoms with Crippen LogP contribution in [0.3, 0.4) is 0 Å². The van der Waals surface area contributed by atoms with Crippen molar-refractivity contribution in [3.8, 4) is 0 Å². The van der Waals surface area contributed by atoms with Gasteiger partial charge in [0, 0.05) is 28.0 Å². The number of Topliss-reactive ketones (excluding diaryl/α,β-unsaturated/α-hetero) is 1. The third-order valence-corrected chi connectivity index (χ3v) is 4.12. The number of nitrogens with one attached hydrogen (secondary N) is 2. The van der Waals surface area contributed by atoms with Gasteiger partial charge in [-0.15, -0.1) is 0 Å². The Bertz CT molecular complexity index is 1020. The lowest BCUT2D eigenvalue weighted by Crippen LogP contribution is -2.15. The highest BCUT2D eigenvalue weighted by Crippen LogP contribution is 2.21. The average Bonchev–Trinajstić information content (AvgIpc) is 2.65. The number of aryl methyl sites for hydroxylation is 1. The van der Waals surface area contributed by atoms with Gasteiger partial charge in [0.05, 0.1) is 0 Å².